The lowest BCUT2D eigenvalue weighted by Crippen LogP contribution is -2.37. The number of hydrogen-bond donors (Lipinski definition) is 0. The van der Waals surface area contributed by atoms with Crippen LogP contribution in [0, 0.1) is 0 Å². The Morgan fingerprint density at radius 1 is 0.794 bits per heavy atom. The van der Waals surface area contributed by atoms with E-state index in [-0.39, 0.29) is 0 Å². The fraction of sp³-hybridized carbons (Fsp3) is 0.267. The fourth-order valence-corrected chi connectivity index (χ4v) is 7.45. The maximum absolute atomic E-state index is 6.03. The number of hydrogen-bond acceptors (Lipinski definition) is 3. The summed E-state index contributed by atoms with van der Waals surface area (Å²) in [6.07, 6.45) is 2.35. The maximum atomic E-state index is 6.03. The molecule has 0 amide bonds. The van der Waals surface area contributed by atoms with Crippen LogP contribution in [0.3, 0.4) is 0 Å². The molecular weight excluding hydrogens is 437 g/mol. The quantitative estimate of drug-likeness (QED) is 0.248. The largest absolute Gasteiger partial charge is 0.382 e. The van der Waals surface area contributed by atoms with Gasteiger partial charge in [0, 0.05) is 24.3 Å². The summed E-state index contributed by atoms with van der Waals surface area (Å²) >= 11 is 0. The number of benzene rings is 4. The highest BCUT2D eigenvalue weighted by atomic mass is 31.1. The number of fused-ring (bicyclic) bond motifs is 1. The normalized spacial score (nSPS) is 15.9. The molecule has 1 aliphatic rings. The molecule has 34 heavy (non-hydrogen) atoms. The Labute approximate surface area is 204 Å². The van der Waals surface area contributed by atoms with Crippen molar-refractivity contribution in [2.75, 3.05) is 38.4 Å². The smallest absolute Gasteiger partial charge is 0.0701 e. The Bertz CT molecular complexity index is 1160. The van der Waals surface area contributed by atoms with Gasteiger partial charge in [0.25, 0.3) is 0 Å². The minimum atomic E-state index is -0.696. The van der Waals surface area contributed by atoms with E-state index in [0.29, 0.717) is 19.3 Å². The maximum Gasteiger partial charge on any atom is 0.0701 e. The molecule has 0 aromatic heterocycles. The van der Waals surface area contributed by atoms with Gasteiger partial charge in [-0.05, 0) is 36.8 Å². The van der Waals surface area contributed by atoms with Crippen LogP contribution in [0.2, 0.25) is 0 Å². The van der Waals surface area contributed by atoms with E-state index in [1.807, 2.05) is 0 Å². The Kier molecular flexibility index (Phi) is 7.56. The number of anilines is 1. The molecule has 4 aromatic rings. The van der Waals surface area contributed by atoms with Crippen molar-refractivity contribution in [2.45, 2.75) is 18.9 Å². The average molecular weight is 470 g/mol. The highest BCUT2D eigenvalue weighted by Gasteiger charge is 2.31. The molecule has 4 heteroatoms. The van der Waals surface area contributed by atoms with Crippen molar-refractivity contribution in [2.24, 2.45) is 0 Å². The molecule has 0 saturated carbocycles. The lowest BCUT2D eigenvalue weighted by atomic mass is 10.1. The number of ether oxygens (including phenoxy) is 2. The van der Waals surface area contributed by atoms with Crippen LogP contribution in [0.25, 0.3) is 10.8 Å². The zero-order chi connectivity index (χ0) is 23.2. The molecule has 0 unspecified atom stereocenters. The monoisotopic (exact) mass is 469 g/mol. The first-order valence-corrected chi connectivity index (χ1v) is 13.5. The van der Waals surface area contributed by atoms with Crippen molar-refractivity contribution in [1.29, 1.82) is 0 Å². The predicted octanol–water partition coefficient (Wildman–Crippen LogP) is 5.23. The standard InChI is InChI=1S/C30H32NO2P/c1-32-21-22-33-23-25-12-10-20-31(25)30-28-17-9-8-11-24(28)18-19-29(30)34(26-13-4-2-5-14-26)27-15-6-3-7-16-27/h2-9,11,13-19,25H,10,12,20-23H2,1H3/t25-/m0/s1. The van der Waals surface area contributed by atoms with Gasteiger partial charge in [0.05, 0.1) is 31.5 Å². The predicted molar refractivity (Wildman–Crippen MR) is 146 cm³/mol. The van der Waals surface area contributed by atoms with E-state index in [9.17, 15) is 0 Å². The third kappa shape index (κ3) is 4.88. The topological polar surface area (TPSA) is 21.7 Å². The van der Waals surface area contributed by atoms with Gasteiger partial charge in [-0.15, -0.1) is 0 Å². The zero-order valence-electron chi connectivity index (χ0n) is 19.8. The molecule has 3 nitrogen and oxygen atoms in total. The lowest BCUT2D eigenvalue weighted by Gasteiger charge is -2.33. The summed E-state index contributed by atoms with van der Waals surface area (Å²) in [7, 11) is 1.03. The van der Waals surface area contributed by atoms with Gasteiger partial charge in [-0.2, -0.15) is 0 Å². The molecule has 4 aromatic carbocycles. The molecule has 0 radical (unpaired) electrons. The first kappa shape index (κ1) is 23.1. The van der Waals surface area contributed by atoms with E-state index in [1.165, 1.54) is 38.8 Å². The lowest BCUT2D eigenvalue weighted by molar-refractivity contribution is 0.0641. The summed E-state index contributed by atoms with van der Waals surface area (Å²) in [6, 6.07) is 35.9. The van der Waals surface area contributed by atoms with Crippen molar-refractivity contribution in [3.63, 3.8) is 0 Å². The van der Waals surface area contributed by atoms with Crippen molar-refractivity contribution >= 4 is 40.3 Å². The number of rotatable bonds is 9. The van der Waals surface area contributed by atoms with E-state index in [4.69, 9.17) is 9.47 Å². The van der Waals surface area contributed by atoms with Crippen LogP contribution >= 0.6 is 7.92 Å². The number of nitrogens with zero attached hydrogens (tertiary/aromatic N) is 1. The molecule has 0 spiro atoms. The van der Waals surface area contributed by atoms with Crippen molar-refractivity contribution in [3.05, 3.63) is 97.1 Å². The Balaban J connectivity index is 1.64. The molecule has 5 rings (SSSR count). The molecule has 0 N–H and O–H groups in total. The summed E-state index contributed by atoms with van der Waals surface area (Å²) in [5.41, 5.74) is 1.38. The second-order valence-corrected chi connectivity index (χ2v) is 10.9. The highest BCUT2D eigenvalue weighted by molar-refractivity contribution is 7.80. The van der Waals surface area contributed by atoms with Gasteiger partial charge in [0.15, 0.2) is 0 Å². The molecule has 1 saturated heterocycles. The summed E-state index contributed by atoms with van der Waals surface area (Å²) in [5.74, 6) is 0. The second-order valence-electron chi connectivity index (χ2n) is 8.72. The minimum Gasteiger partial charge on any atom is -0.382 e. The SMILES string of the molecule is COCCOC[C@@H]1CCCN1c1c(P(c2ccccc2)c2ccccc2)ccc2ccccc12. The van der Waals surface area contributed by atoms with Gasteiger partial charge >= 0.3 is 0 Å². The first-order chi connectivity index (χ1) is 16.9. The van der Waals surface area contributed by atoms with Crippen molar-refractivity contribution in [3.8, 4) is 0 Å². The zero-order valence-corrected chi connectivity index (χ0v) is 20.7. The average Bonchev–Trinajstić information content (AvgIpc) is 3.36. The van der Waals surface area contributed by atoms with Crippen LogP contribution in [0.15, 0.2) is 97.1 Å². The van der Waals surface area contributed by atoms with Gasteiger partial charge in [-0.25, -0.2) is 0 Å². The summed E-state index contributed by atoms with van der Waals surface area (Å²) in [4.78, 5) is 2.63. The highest BCUT2D eigenvalue weighted by Crippen LogP contribution is 2.41. The Hall–Kier alpha value is -2.71. The Morgan fingerprint density at radius 3 is 2.18 bits per heavy atom. The summed E-state index contributed by atoms with van der Waals surface area (Å²) in [6.45, 7) is 3.08. The third-order valence-corrected chi connectivity index (χ3v) is 9.03. The van der Waals surface area contributed by atoms with Crippen molar-refractivity contribution in [1.82, 2.24) is 0 Å². The molecule has 1 fully saturated rings. The van der Waals surface area contributed by atoms with Crippen LogP contribution in [0.4, 0.5) is 5.69 Å². The number of methoxy groups -OCH3 is 1. The minimum absolute atomic E-state index is 0.379. The van der Waals surface area contributed by atoms with Gasteiger partial charge in [0.2, 0.25) is 0 Å². The first-order valence-electron chi connectivity index (χ1n) is 12.1. The van der Waals surface area contributed by atoms with Gasteiger partial charge in [0.1, 0.15) is 0 Å². The molecule has 1 atom stereocenters. The molecule has 1 heterocycles. The molecule has 0 aliphatic carbocycles. The molecule has 0 bridgehead atoms. The molecular formula is C30H32NO2P. The third-order valence-electron chi connectivity index (χ3n) is 6.56. The van der Waals surface area contributed by atoms with Crippen LogP contribution in [-0.4, -0.2) is 39.5 Å². The van der Waals surface area contributed by atoms with E-state index in [0.717, 1.165) is 19.6 Å². The van der Waals surface area contributed by atoms with Gasteiger partial charge in [-0.3, -0.25) is 0 Å². The van der Waals surface area contributed by atoms with Crippen molar-refractivity contribution < 1.29 is 9.47 Å². The Morgan fingerprint density at radius 2 is 1.47 bits per heavy atom. The molecule has 174 valence electrons. The van der Waals surface area contributed by atoms with Gasteiger partial charge in [-0.1, -0.05) is 97.1 Å². The second kappa shape index (κ2) is 11.1. The van der Waals surface area contributed by atoms with Crippen LogP contribution in [0.1, 0.15) is 12.8 Å². The van der Waals surface area contributed by atoms with E-state index >= 15 is 0 Å². The molecule has 1 aliphatic heterocycles. The van der Waals surface area contributed by atoms with Crippen LogP contribution in [0.5, 0.6) is 0 Å². The van der Waals surface area contributed by atoms with Crippen LogP contribution in [-0.2, 0) is 9.47 Å². The summed E-state index contributed by atoms with van der Waals surface area (Å²) in [5, 5.41) is 6.82. The van der Waals surface area contributed by atoms with E-state index < -0.39 is 7.92 Å². The van der Waals surface area contributed by atoms with E-state index in [2.05, 4.69) is 102 Å². The summed E-state index contributed by atoms with van der Waals surface area (Å²) < 4.78 is 11.2. The van der Waals surface area contributed by atoms with E-state index in [1.54, 1.807) is 7.11 Å². The fourth-order valence-electron chi connectivity index (χ4n) is 4.97. The van der Waals surface area contributed by atoms with Gasteiger partial charge < -0.3 is 14.4 Å². The van der Waals surface area contributed by atoms with Crippen LogP contribution < -0.4 is 20.8 Å².